The normalized spacial score (nSPS) is 10.7. The van der Waals surface area contributed by atoms with Gasteiger partial charge in [-0.1, -0.05) is 18.2 Å². The number of para-hydroxylation sites is 1. The molecule has 1 aromatic rings. The Hall–Kier alpha value is -2.17. The van der Waals surface area contributed by atoms with Crippen molar-refractivity contribution in [2.45, 2.75) is 6.92 Å². The van der Waals surface area contributed by atoms with E-state index in [1.165, 1.54) is 0 Å². The fraction of sp³-hybridized carbons (Fsp3) is 0.182. The summed E-state index contributed by atoms with van der Waals surface area (Å²) in [6, 6.07) is 8.99. The van der Waals surface area contributed by atoms with Crippen molar-refractivity contribution >= 4 is 23.7 Å². The van der Waals surface area contributed by atoms with Crippen molar-refractivity contribution in [1.82, 2.24) is 0 Å². The summed E-state index contributed by atoms with van der Waals surface area (Å²) in [6.45, 7) is 1.86. The van der Waals surface area contributed by atoms with Crippen molar-refractivity contribution in [2.24, 2.45) is 5.10 Å². The molecule has 84 valence electrons. The van der Waals surface area contributed by atoms with Gasteiger partial charge in [0.05, 0.1) is 12.3 Å². The standard InChI is InChI=1S/C11H12N2O3/c1-2-16-11(15)10(8-14)13-12-9-6-4-3-5-7-9/h3-8,12H,2H2,1H3/b13-10+. The molecule has 1 aromatic carbocycles. The molecular weight excluding hydrogens is 208 g/mol. The first kappa shape index (κ1) is 11.9. The molecule has 0 bridgehead atoms. The number of anilines is 1. The van der Waals surface area contributed by atoms with Crippen LogP contribution in [0.25, 0.3) is 0 Å². The Morgan fingerprint density at radius 2 is 2.12 bits per heavy atom. The Kier molecular flexibility index (Phi) is 4.72. The first-order valence-corrected chi connectivity index (χ1v) is 4.79. The van der Waals surface area contributed by atoms with Crippen LogP contribution in [0.4, 0.5) is 5.69 Å². The minimum atomic E-state index is -0.735. The third kappa shape index (κ3) is 3.53. The quantitative estimate of drug-likeness (QED) is 0.266. The Labute approximate surface area is 93.1 Å². The number of carbonyl (C=O) groups is 2. The summed E-state index contributed by atoms with van der Waals surface area (Å²) < 4.78 is 4.64. The van der Waals surface area contributed by atoms with E-state index in [1.807, 2.05) is 18.2 Å². The number of esters is 1. The van der Waals surface area contributed by atoms with E-state index in [0.29, 0.717) is 12.0 Å². The van der Waals surface area contributed by atoms with Gasteiger partial charge in [0.2, 0.25) is 5.71 Å². The Morgan fingerprint density at radius 3 is 2.69 bits per heavy atom. The molecule has 0 aromatic heterocycles. The summed E-state index contributed by atoms with van der Waals surface area (Å²) >= 11 is 0. The summed E-state index contributed by atoms with van der Waals surface area (Å²) in [5.74, 6) is -0.735. The van der Waals surface area contributed by atoms with Crippen LogP contribution in [0.5, 0.6) is 0 Å². The highest BCUT2D eigenvalue weighted by molar-refractivity contribution is 6.58. The summed E-state index contributed by atoms with van der Waals surface area (Å²) in [4.78, 5) is 21.7. The zero-order chi connectivity index (χ0) is 11.8. The summed E-state index contributed by atoms with van der Waals surface area (Å²) in [5.41, 5.74) is 2.99. The van der Waals surface area contributed by atoms with Crippen LogP contribution in [0.15, 0.2) is 35.4 Å². The third-order valence-corrected chi connectivity index (χ3v) is 1.68. The van der Waals surface area contributed by atoms with Gasteiger partial charge >= 0.3 is 5.97 Å². The second-order valence-electron chi connectivity index (χ2n) is 2.81. The van der Waals surface area contributed by atoms with Crippen LogP contribution in [-0.2, 0) is 14.3 Å². The summed E-state index contributed by atoms with van der Waals surface area (Å²) in [7, 11) is 0. The third-order valence-electron chi connectivity index (χ3n) is 1.68. The van der Waals surface area contributed by atoms with Gasteiger partial charge in [-0.15, -0.1) is 0 Å². The predicted molar refractivity (Wildman–Crippen MR) is 60.2 cm³/mol. The molecule has 0 saturated heterocycles. The number of carbonyl (C=O) groups excluding carboxylic acids is 2. The van der Waals surface area contributed by atoms with E-state index in [9.17, 15) is 9.59 Å². The molecule has 0 radical (unpaired) electrons. The summed E-state index contributed by atoms with van der Waals surface area (Å²) in [6.07, 6.45) is 0.355. The highest BCUT2D eigenvalue weighted by Gasteiger charge is 2.10. The highest BCUT2D eigenvalue weighted by Crippen LogP contribution is 2.04. The van der Waals surface area contributed by atoms with Gasteiger partial charge in [-0.05, 0) is 19.1 Å². The van der Waals surface area contributed by atoms with Crippen LogP contribution in [0, 0.1) is 0 Å². The number of aldehydes is 1. The minimum Gasteiger partial charge on any atom is -0.461 e. The van der Waals surface area contributed by atoms with Crippen LogP contribution < -0.4 is 5.43 Å². The number of rotatable bonds is 5. The Morgan fingerprint density at radius 1 is 1.44 bits per heavy atom. The minimum absolute atomic E-state index is 0.205. The number of hydrogen-bond donors (Lipinski definition) is 1. The van der Waals surface area contributed by atoms with Crippen molar-refractivity contribution < 1.29 is 14.3 Å². The Bertz CT molecular complexity index is 387. The largest absolute Gasteiger partial charge is 0.461 e. The maximum atomic E-state index is 11.2. The zero-order valence-electron chi connectivity index (χ0n) is 8.84. The second kappa shape index (κ2) is 6.34. The van der Waals surface area contributed by atoms with Crippen molar-refractivity contribution in [3.05, 3.63) is 30.3 Å². The maximum absolute atomic E-state index is 11.2. The van der Waals surface area contributed by atoms with Crippen molar-refractivity contribution in [3.8, 4) is 0 Å². The van der Waals surface area contributed by atoms with E-state index < -0.39 is 5.97 Å². The zero-order valence-corrected chi connectivity index (χ0v) is 8.84. The monoisotopic (exact) mass is 220 g/mol. The topological polar surface area (TPSA) is 67.8 Å². The van der Waals surface area contributed by atoms with Gasteiger partial charge < -0.3 is 4.74 Å². The van der Waals surface area contributed by atoms with Crippen LogP contribution >= 0.6 is 0 Å². The van der Waals surface area contributed by atoms with Gasteiger partial charge in [-0.2, -0.15) is 5.10 Å². The molecule has 5 heteroatoms. The van der Waals surface area contributed by atoms with Gasteiger partial charge in [-0.3, -0.25) is 10.2 Å². The molecule has 0 aliphatic carbocycles. The van der Waals surface area contributed by atoms with Crippen LogP contribution in [0.1, 0.15) is 6.92 Å². The Balaban J connectivity index is 2.67. The lowest BCUT2D eigenvalue weighted by Crippen LogP contribution is -2.20. The van der Waals surface area contributed by atoms with Crippen molar-refractivity contribution in [1.29, 1.82) is 0 Å². The first-order valence-electron chi connectivity index (χ1n) is 4.79. The van der Waals surface area contributed by atoms with E-state index in [0.717, 1.165) is 0 Å². The second-order valence-corrected chi connectivity index (χ2v) is 2.81. The van der Waals surface area contributed by atoms with Crippen LogP contribution in [0.3, 0.4) is 0 Å². The van der Waals surface area contributed by atoms with Gasteiger partial charge in [-0.25, -0.2) is 4.79 Å². The van der Waals surface area contributed by atoms with Crippen LogP contribution in [-0.4, -0.2) is 24.6 Å². The molecule has 0 aliphatic rings. The number of nitrogens with zero attached hydrogens (tertiary/aromatic N) is 1. The van der Waals surface area contributed by atoms with Gasteiger partial charge in [0.25, 0.3) is 0 Å². The molecular formula is C11H12N2O3. The number of benzene rings is 1. The van der Waals surface area contributed by atoms with Crippen LogP contribution in [0.2, 0.25) is 0 Å². The number of hydrogen-bond acceptors (Lipinski definition) is 5. The molecule has 0 heterocycles. The smallest absolute Gasteiger partial charge is 0.362 e. The molecule has 0 aliphatic heterocycles. The molecule has 0 amide bonds. The SMILES string of the molecule is CCOC(=O)/C(C=O)=N/Nc1ccccc1. The number of ether oxygens (including phenoxy) is 1. The van der Waals surface area contributed by atoms with Gasteiger partial charge in [0.15, 0.2) is 6.29 Å². The lowest BCUT2D eigenvalue weighted by atomic mass is 10.3. The lowest BCUT2D eigenvalue weighted by Gasteiger charge is -2.01. The summed E-state index contributed by atoms with van der Waals surface area (Å²) in [5, 5.41) is 3.66. The van der Waals surface area contributed by atoms with Crippen molar-refractivity contribution in [3.63, 3.8) is 0 Å². The highest BCUT2D eigenvalue weighted by atomic mass is 16.5. The predicted octanol–water partition coefficient (Wildman–Crippen LogP) is 1.22. The number of nitrogens with one attached hydrogen (secondary N) is 1. The molecule has 0 unspecified atom stereocenters. The lowest BCUT2D eigenvalue weighted by molar-refractivity contribution is -0.135. The molecule has 5 nitrogen and oxygen atoms in total. The maximum Gasteiger partial charge on any atom is 0.362 e. The van der Waals surface area contributed by atoms with E-state index in [2.05, 4.69) is 15.3 Å². The van der Waals surface area contributed by atoms with E-state index in [4.69, 9.17) is 0 Å². The molecule has 1 N–H and O–H groups in total. The van der Waals surface area contributed by atoms with Gasteiger partial charge in [0, 0.05) is 0 Å². The van der Waals surface area contributed by atoms with E-state index >= 15 is 0 Å². The molecule has 16 heavy (non-hydrogen) atoms. The molecule has 0 fully saturated rings. The van der Waals surface area contributed by atoms with E-state index in [1.54, 1.807) is 19.1 Å². The molecule has 1 rings (SSSR count). The first-order chi connectivity index (χ1) is 7.77. The van der Waals surface area contributed by atoms with E-state index in [-0.39, 0.29) is 12.3 Å². The number of hydrazone groups is 1. The molecule has 0 atom stereocenters. The molecule has 0 spiro atoms. The fourth-order valence-corrected chi connectivity index (χ4v) is 0.963. The average Bonchev–Trinajstić information content (AvgIpc) is 2.31. The average molecular weight is 220 g/mol. The fourth-order valence-electron chi connectivity index (χ4n) is 0.963. The molecule has 0 saturated carbocycles. The van der Waals surface area contributed by atoms with Gasteiger partial charge in [0.1, 0.15) is 0 Å². The van der Waals surface area contributed by atoms with Crippen molar-refractivity contribution in [2.75, 3.05) is 12.0 Å².